The second-order valence-electron chi connectivity index (χ2n) is 5.20. The van der Waals surface area contributed by atoms with Gasteiger partial charge in [0.05, 0.1) is 0 Å². The fourth-order valence-electron chi connectivity index (χ4n) is 2.62. The van der Waals surface area contributed by atoms with E-state index >= 15 is 0 Å². The molecule has 1 aliphatic rings. The summed E-state index contributed by atoms with van der Waals surface area (Å²) in [6.45, 7) is 1.88. The quantitative estimate of drug-likeness (QED) is 0.893. The number of benzene rings is 1. The minimum Gasteiger partial charge on any atom is -0.390 e. The van der Waals surface area contributed by atoms with Gasteiger partial charge in [-0.3, -0.25) is 4.90 Å². The third kappa shape index (κ3) is 3.34. The zero-order chi connectivity index (χ0) is 15.6. The molecule has 1 saturated heterocycles. The summed E-state index contributed by atoms with van der Waals surface area (Å²) in [7, 11) is 0. The molecule has 0 aliphatic carbocycles. The monoisotopic (exact) mass is 322 g/mol. The zero-order valence-corrected chi connectivity index (χ0v) is 12.4. The lowest BCUT2D eigenvalue weighted by Gasteiger charge is -2.39. The van der Waals surface area contributed by atoms with Gasteiger partial charge in [-0.05, 0) is 18.6 Å². The van der Waals surface area contributed by atoms with Crippen molar-refractivity contribution in [1.29, 1.82) is 0 Å². The molecule has 2 N–H and O–H groups in total. The fraction of sp³-hybridized carbons (Fsp3) is 0.571. The van der Waals surface area contributed by atoms with Crippen molar-refractivity contribution in [2.24, 2.45) is 0 Å². The van der Waals surface area contributed by atoms with Crippen LogP contribution >= 0.6 is 11.6 Å². The van der Waals surface area contributed by atoms with Crippen LogP contribution in [0.5, 0.6) is 0 Å². The van der Waals surface area contributed by atoms with Crippen LogP contribution in [0.1, 0.15) is 17.2 Å². The average molecular weight is 323 g/mol. The molecule has 0 bridgehead atoms. The molecule has 1 heterocycles. The molecule has 2 rings (SSSR count). The number of aliphatic hydroxyl groups is 1. The summed E-state index contributed by atoms with van der Waals surface area (Å²) < 4.78 is 42.9. The van der Waals surface area contributed by atoms with Crippen LogP contribution in [0.15, 0.2) is 12.1 Å². The van der Waals surface area contributed by atoms with Crippen LogP contribution in [0.2, 0.25) is 5.02 Å². The molecule has 3 nitrogen and oxygen atoms in total. The third-order valence-electron chi connectivity index (χ3n) is 3.72. The summed E-state index contributed by atoms with van der Waals surface area (Å²) in [4.78, 5) is 1.47. The van der Waals surface area contributed by atoms with Gasteiger partial charge in [-0.2, -0.15) is 0 Å². The first-order valence-electron chi connectivity index (χ1n) is 6.76. The van der Waals surface area contributed by atoms with Gasteiger partial charge in [-0.15, -0.1) is 0 Å². The van der Waals surface area contributed by atoms with E-state index in [1.807, 2.05) is 0 Å². The molecule has 1 aliphatic heterocycles. The molecular weight excluding hydrogens is 305 g/mol. The van der Waals surface area contributed by atoms with Gasteiger partial charge in [-0.1, -0.05) is 17.7 Å². The Morgan fingerprint density at radius 3 is 2.57 bits per heavy atom. The number of aliphatic hydroxyl groups excluding tert-OH is 1. The van der Waals surface area contributed by atoms with Gasteiger partial charge in [-0.25, -0.2) is 13.2 Å². The highest BCUT2D eigenvalue weighted by molar-refractivity contribution is 6.31. The van der Waals surface area contributed by atoms with Crippen molar-refractivity contribution in [3.05, 3.63) is 34.1 Å². The minimum absolute atomic E-state index is 0.0465. The summed E-state index contributed by atoms with van der Waals surface area (Å²) in [5.74, 6) is -4.21. The van der Waals surface area contributed by atoms with E-state index in [0.717, 1.165) is 0 Å². The fourth-order valence-corrected chi connectivity index (χ4v) is 2.87. The van der Waals surface area contributed by atoms with Crippen LogP contribution in [0.25, 0.3) is 0 Å². The van der Waals surface area contributed by atoms with Crippen molar-refractivity contribution in [2.45, 2.75) is 18.9 Å². The topological polar surface area (TPSA) is 35.5 Å². The molecular formula is C14H18ClF3N2O. The van der Waals surface area contributed by atoms with Gasteiger partial charge in [0.15, 0.2) is 0 Å². The Morgan fingerprint density at radius 2 is 2.00 bits per heavy atom. The summed E-state index contributed by atoms with van der Waals surface area (Å²) in [6.07, 6.45) is 0. The standard InChI is InChI=1S/C14H18ClF3N2O/c1-9-2-3-10(15)11(12(9)16)13(14(17,18)8-21)20-6-4-19-5-7-20/h2-3,13,19,21H,4-8H2,1H3/t13-/m1/s1. The number of halogens is 4. The molecule has 1 aromatic carbocycles. The Labute approximate surface area is 126 Å². The lowest BCUT2D eigenvalue weighted by Crippen LogP contribution is -2.51. The Kier molecular flexibility index (Phi) is 5.14. The van der Waals surface area contributed by atoms with Gasteiger partial charge in [0, 0.05) is 36.8 Å². The highest BCUT2D eigenvalue weighted by Gasteiger charge is 2.46. The number of rotatable bonds is 4. The van der Waals surface area contributed by atoms with Crippen LogP contribution < -0.4 is 5.32 Å². The summed E-state index contributed by atoms with van der Waals surface area (Å²) in [5, 5.41) is 12.1. The van der Waals surface area contributed by atoms with Crippen molar-refractivity contribution in [2.75, 3.05) is 32.8 Å². The van der Waals surface area contributed by atoms with E-state index in [4.69, 9.17) is 16.7 Å². The molecule has 0 aromatic heterocycles. The van der Waals surface area contributed by atoms with Gasteiger partial charge < -0.3 is 10.4 Å². The van der Waals surface area contributed by atoms with Crippen molar-refractivity contribution in [1.82, 2.24) is 10.2 Å². The maximum Gasteiger partial charge on any atom is 0.290 e. The predicted octanol–water partition coefficient (Wildman–Crippen LogP) is 2.36. The van der Waals surface area contributed by atoms with E-state index in [-0.39, 0.29) is 16.1 Å². The molecule has 1 aromatic rings. The molecule has 0 spiro atoms. The maximum absolute atomic E-state index is 14.4. The number of nitrogens with one attached hydrogen (secondary N) is 1. The first-order chi connectivity index (χ1) is 9.88. The molecule has 0 amide bonds. The lowest BCUT2D eigenvalue weighted by atomic mass is 9.96. The van der Waals surface area contributed by atoms with E-state index < -0.39 is 24.4 Å². The van der Waals surface area contributed by atoms with Crippen molar-refractivity contribution < 1.29 is 18.3 Å². The van der Waals surface area contributed by atoms with Crippen LogP contribution in [0.3, 0.4) is 0 Å². The highest BCUT2D eigenvalue weighted by Crippen LogP contribution is 2.41. The van der Waals surface area contributed by atoms with E-state index in [9.17, 15) is 13.2 Å². The smallest absolute Gasteiger partial charge is 0.290 e. The number of alkyl halides is 2. The summed E-state index contributed by atoms with van der Waals surface area (Å²) >= 11 is 5.98. The third-order valence-corrected chi connectivity index (χ3v) is 4.05. The molecule has 0 radical (unpaired) electrons. The van der Waals surface area contributed by atoms with Gasteiger partial charge in [0.1, 0.15) is 18.5 Å². The SMILES string of the molecule is Cc1ccc(Cl)c([C@@H](N2CCNCC2)C(F)(F)CO)c1F. The van der Waals surface area contributed by atoms with Crippen LogP contribution in [0.4, 0.5) is 13.2 Å². The molecule has 1 atom stereocenters. The second kappa shape index (κ2) is 6.52. The van der Waals surface area contributed by atoms with Gasteiger partial charge >= 0.3 is 0 Å². The Bertz CT molecular complexity index is 507. The number of aryl methyl sites for hydroxylation is 1. The molecule has 7 heteroatoms. The second-order valence-corrected chi connectivity index (χ2v) is 5.61. The number of hydrogen-bond donors (Lipinski definition) is 2. The number of hydrogen-bond acceptors (Lipinski definition) is 3. The normalized spacial score (nSPS) is 18.8. The maximum atomic E-state index is 14.4. The van der Waals surface area contributed by atoms with E-state index in [2.05, 4.69) is 5.32 Å². The van der Waals surface area contributed by atoms with Gasteiger partial charge in [0.25, 0.3) is 5.92 Å². The Balaban J connectivity index is 2.52. The molecule has 0 unspecified atom stereocenters. The van der Waals surface area contributed by atoms with Crippen molar-refractivity contribution in [3.63, 3.8) is 0 Å². The van der Waals surface area contributed by atoms with Crippen LogP contribution in [0, 0.1) is 12.7 Å². The first kappa shape index (κ1) is 16.5. The van der Waals surface area contributed by atoms with Crippen molar-refractivity contribution >= 4 is 11.6 Å². The van der Waals surface area contributed by atoms with Gasteiger partial charge in [0.2, 0.25) is 0 Å². The number of piperazine rings is 1. The lowest BCUT2D eigenvalue weighted by molar-refractivity contribution is -0.119. The van der Waals surface area contributed by atoms with E-state index in [1.165, 1.54) is 24.0 Å². The largest absolute Gasteiger partial charge is 0.390 e. The number of nitrogens with zero attached hydrogens (tertiary/aromatic N) is 1. The van der Waals surface area contributed by atoms with Crippen LogP contribution in [-0.4, -0.2) is 48.7 Å². The molecule has 0 saturated carbocycles. The Morgan fingerprint density at radius 1 is 1.38 bits per heavy atom. The summed E-state index contributed by atoms with van der Waals surface area (Å²) in [6, 6.07) is 1.29. The zero-order valence-electron chi connectivity index (χ0n) is 11.7. The first-order valence-corrected chi connectivity index (χ1v) is 7.14. The van der Waals surface area contributed by atoms with Crippen LogP contribution in [-0.2, 0) is 0 Å². The molecule has 118 valence electrons. The minimum atomic E-state index is -3.48. The molecule has 1 fully saturated rings. The average Bonchev–Trinajstić information content (AvgIpc) is 2.48. The predicted molar refractivity (Wildman–Crippen MR) is 75.4 cm³/mol. The molecule has 21 heavy (non-hydrogen) atoms. The van der Waals surface area contributed by atoms with E-state index in [0.29, 0.717) is 26.2 Å². The summed E-state index contributed by atoms with van der Waals surface area (Å²) in [5.41, 5.74) is 0.0147. The Hall–Kier alpha value is -0.820. The van der Waals surface area contributed by atoms with Crippen molar-refractivity contribution in [3.8, 4) is 0 Å². The highest BCUT2D eigenvalue weighted by atomic mass is 35.5. The van der Waals surface area contributed by atoms with E-state index in [1.54, 1.807) is 0 Å².